The highest BCUT2D eigenvalue weighted by atomic mass is 16.5. The van der Waals surface area contributed by atoms with E-state index < -0.39 is 0 Å². The summed E-state index contributed by atoms with van der Waals surface area (Å²) in [6, 6.07) is 11.7. The molecule has 0 atom stereocenters. The first-order valence-electron chi connectivity index (χ1n) is 7.77. The van der Waals surface area contributed by atoms with Crippen molar-refractivity contribution in [1.82, 2.24) is 0 Å². The second kappa shape index (κ2) is 7.04. The predicted octanol–water partition coefficient (Wildman–Crippen LogP) is 2.62. The number of hydrogen-bond donors (Lipinski definition) is 3. The normalized spacial score (nSPS) is 12.9. The van der Waals surface area contributed by atoms with E-state index in [2.05, 4.69) is 16.0 Å². The summed E-state index contributed by atoms with van der Waals surface area (Å²) in [5.41, 5.74) is 2.00. The number of ether oxygens (including phenoxy) is 1. The lowest BCUT2D eigenvalue weighted by atomic mass is 10.1. The van der Waals surface area contributed by atoms with Gasteiger partial charge in [0, 0.05) is 23.9 Å². The van der Waals surface area contributed by atoms with Crippen molar-refractivity contribution in [3.05, 3.63) is 48.0 Å². The SMILES string of the molecule is CC(=O)Nc1cccc(C(=O)Nc2ccc3c(c2)NC(=O)CCO3)c1. The van der Waals surface area contributed by atoms with E-state index in [0.29, 0.717) is 35.0 Å². The first-order valence-corrected chi connectivity index (χ1v) is 7.77. The van der Waals surface area contributed by atoms with E-state index in [1.165, 1.54) is 6.92 Å². The van der Waals surface area contributed by atoms with Gasteiger partial charge < -0.3 is 20.7 Å². The Balaban J connectivity index is 1.77. The molecule has 0 saturated carbocycles. The molecule has 128 valence electrons. The molecule has 25 heavy (non-hydrogen) atoms. The zero-order chi connectivity index (χ0) is 17.8. The minimum Gasteiger partial charge on any atom is -0.491 e. The number of nitrogens with one attached hydrogen (secondary N) is 3. The van der Waals surface area contributed by atoms with Crippen LogP contribution in [0.5, 0.6) is 5.75 Å². The molecule has 0 fully saturated rings. The summed E-state index contributed by atoms with van der Waals surface area (Å²) in [4.78, 5) is 35.1. The van der Waals surface area contributed by atoms with Gasteiger partial charge in [0.2, 0.25) is 11.8 Å². The van der Waals surface area contributed by atoms with E-state index in [1.807, 2.05) is 0 Å². The van der Waals surface area contributed by atoms with Crippen LogP contribution in [-0.2, 0) is 9.59 Å². The molecule has 2 aromatic carbocycles. The van der Waals surface area contributed by atoms with Gasteiger partial charge in [-0.15, -0.1) is 0 Å². The zero-order valence-corrected chi connectivity index (χ0v) is 13.6. The molecule has 1 aliphatic heterocycles. The average Bonchev–Trinajstić information content (AvgIpc) is 2.74. The second-order valence-corrected chi connectivity index (χ2v) is 5.57. The number of benzene rings is 2. The maximum Gasteiger partial charge on any atom is 0.255 e. The molecule has 7 heteroatoms. The van der Waals surface area contributed by atoms with Crippen LogP contribution in [0.15, 0.2) is 42.5 Å². The van der Waals surface area contributed by atoms with E-state index in [-0.39, 0.29) is 24.1 Å². The molecule has 0 aromatic heterocycles. The lowest BCUT2D eigenvalue weighted by Gasteiger charge is -2.11. The highest BCUT2D eigenvalue weighted by Crippen LogP contribution is 2.30. The Morgan fingerprint density at radius 3 is 2.68 bits per heavy atom. The summed E-state index contributed by atoms with van der Waals surface area (Å²) in [6.45, 7) is 1.72. The van der Waals surface area contributed by atoms with Crippen LogP contribution >= 0.6 is 0 Å². The van der Waals surface area contributed by atoms with E-state index in [0.717, 1.165) is 0 Å². The van der Waals surface area contributed by atoms with Crippen molar-refractivity contribution >= 4 is 34.8 Å². The highest BCUT2D eigenvalue weighted by molar-refractivity contribution is 6.06. The average molecular weight is 339 g/mol. The Labute approximate surface area is 144 Å². The van der Waals surface area contributed by atoms with Gasteiger partial charge in [-0.2, -0.15) is 0 Å². The van der Waals surface area contributed by atoms with Crippen LogP contribution in [0.4, 0.5) is 17.1 Å². The molecule has 7 nitrogen and oxygen atoms in total. The van der Waals surface area contributed by atoms with Crippen LogP contribution in [0, 0.1) is 0 Å². The predicted molar refractivity (Wildman–Crippen MR) is 93.9 cm³/mol. The quantitative estimate of drug-likeness (QED) is 0.801. The maximum absolute atomic E-state index is 12.4. The van der Waals surface area contributed by atoms with Crippen LogP contribution in [-0.4, -0.2) is 24.3 Å². The molecule has 3 amide bonds. The number of fused-ring (bicyclic) bond motifs is 1. The van der Waals surface area contributed by atoms with Crippen molar-refractivity contribution < 1.29 is 19.1 Å². The number of carbonyl (C=O) groups is 3. The fourth-order valence-electron chi connectivity index (χ4n) is 2.44. The van der Waals surface area contributed by atoms with Crippen LogP contribution < -0.4 is 20.7 Å². The van der Waals surface area contributed by atoms with Crippen molar-refractivity contribution in [2.75, 3.05) is 22.6 Å². The first kappa shape index (κ1) is 16.5. The molecular weight excluding hydrogens is 322 g/mol. The summed E-state index contributed by atoms with van der Waals surface area (Å²) in [7, 11) is 0. The molecule has 3 N–H and O–H groups in total. The Kier molecular flexibility index (Phi) is 4.65. The Bertz CT molecular complexity index is 848. The highest BCUT2D eigenvalue weighted by Gasteiger charge is 2.15. The smallest absolute Gasteiger partial charge is 0.255 e. The maximum atomic E-state index is 12.4. The number of hydrogen-bond acceptors (Lipinski definition) is 4. The third kappa shape index (κ3) is 4.14. The topological polar surface area (TPSA) is 96.5 Å². The third-order valence-corrected chi connectivity index (χ3v) is 3.54. The Morgan fingerprint density at radius 2 is 1.88 bits per heavy atom. The van der Waals surface area contributed by atoms with E-state index in [4.69, 9.17) is 4.74 Å². The summed E-state index contributed by atoms with van der Waals surface area (Å²) in [6.07, 6.45) is 0.284. The number of anilines is 3. The van der Waals surface area contributed by atoms with Crippen molar-refractivity contribution in [2.45, 2.75) is 13.3 Å². The second-order valence-electron chi connectivity index (χ2n) is 5.57. The summed E-state index contributed by atoms with van der Waals surface area (Å²) in [5.74, 6) is -0.103. The number of amides is 3. The summed E-state index contributed by atoms with van der Waals surface area (Å²) in [5, 5.41) is 8.14. The van der Waals surface area contributed by atoms with Gasteiger partial charge in [0.15, 0.2) is 0 Å². The molecule has 0 spiro atoms. The van der Waals surface area contributed by atoms with Crippen molar-refractivity contribution in [3.63, 3.8) is 0 Å². The number of rotatable bonds is 3. The molecule has 0 radical (unpaired) electrons. The van der Waals surface area contributed by atoms with Gasteiger partial charge in [0.05, 0.1) is 18.7 Å². The van der Waals surface area contributed by atoms with Gasteiger partial charge in [-0.05, 0) is 36.4 Å². The molecule has 1 aliphatic rings. The van der Waals surface area contributed by atoms with E-state index in [1.54, 1.807) is 42.5 Å². The summed E-state index contributed by atoms with van der Waals surface area (Å²) < 4.78 is 5.48. The molecule has 0 aliphatic carbocycles. The van der Waals surface area contributed by atoms with Crippen molar-refractivity contribution in [3.8, 4) is 5.75 Å². The molecule has 0 saturated heterocycles. The van der Waals surface area contributed by atoms with Crippen LogP contribution in [0.1, 0.15) is 23.7 Å². The minimum absolute atomic E-state index is 0.134. The van der Waals surface area contributed by atoms with E-state index >= 15 is 0 Å². The fraction of sp³-hybridized carbons (Fsp3) is 0.167. The third-order valence-electron chi connectivity index (χ3n) is 3.54. The fourth-order valence-corrected chi connectivity index (χ4v) is 2.44. The van der Waals surface area contributed by atoms with Gasteiger partial charge >= 0.3 is 0 Å². The first-order chi connectivity index (χ1) is 12.0. The summed E-state index contributed by atoms with van der Waals surface area (Å²) >= 11 is 0. The molecule has 0 unspecified atom stereocenters. The molecule has 2 aromatic rings. The van der Waals surface area contributed by atoms with Crippen LogP contribution in [0.25, 0.3) is 0 Å². The molecule has 1 heterocycles. The molecule has 3 rings (SSSR count). The lowest BCUT2D eigenvalue weighted by Crippen LogP contribution is -2.14. The molecule has 0 bridgehead atoms. The molecular formula is C18H17N3O4. The minimum atomic E-state index is -0.326. The van der Waals surface area contributed by atoms with Gasteiger partial charge in [-0.3, -0.25) is 14.4 Å². The monoisotopic (exact) mass is 339 g/mol. The zero-order valence-electron chi connectivity index (χ0n) is 13.6. The van der Waals surface area contributed by atoms with Gasteiger partial charge in [0.25, 0.3) is 5.91 Å². The van der Waals surface area contributed by atoms with Crippen molar-refractivity contribution in [2.24, 2.45) is 0 Å². The Hall–Kier alpha value is -3.35. The lowest BCUT2D eigenvalue weighted by molar-refractivity contribution is -0.116. The van der Waals surface area contributed by atoms with E-state index in [9.17, 15) is 14.4 Å². The number of carbonyl (C=O) groups excluding carboxylic acids is 3. The van der Waals surface area contributed by atoms with Gasteiger partial charge in [-0.25, -0.2) is 0 Å². The van der Waals surface area contributed by atoms with Crippen LogP contribution in [0.3, 0.4) is 0 Å². The van der Waals surface area contributed by atoms with Gasteiger partial charge in [-0.1, -0.05) is 6.07 Å². The standard InChI is InChI=1S/C18H17N3O4/c1-11(22)19-13-4-2-3-12(9-13)18(24)20-14-5-6-16-15(10-14)21-17(23)7-8-25-16/h2-6,9-10H,7-8H2,1H3,(H,19,22)(H,20,24)(H,21,23). The Morgan fingerprint density at radius 1 is 1.08 bits per heavy atom. The largest absolute Gasteiger partial charge is 0.491 e. The van der Waals surface area contributed by atoms with Crippen molar-refractivity contribution in [1.29, 1.82) is 0 Å². The van der Waals surface area contributed by atoms with Gasteiger partial charge in [0.1, 0.15) is 5.75 Å². The van der Waals surface area contributed by atoms with Crippen LogP contribution in [0.2, 0.25) is 0 Å².